The molecule has 3 aromatic rings. The van der Waals surface area contributed by atoms with Crippen LogP contribution in [0.2, 0.25) is 0 Å². The number of hydrogen-bond acceptors (Lipinski definition) is 6. The smallest absolute Gasteiger partial charge is 0.421 e. The van der Waals surface area contributed by atoms with E-state index in [1.807, 2.05) is 12.1 Å². The zero-order chi connectivity index (χ0) is 22.6. The van der Waals surface area contributed by atoms with Crippen molar-refractivity contribution in [2.75, 3.05) is 17.7 Å². The van der Waals surface area contributed by atoms with Gasteiger partial charge in [-0.1, -0.05) is 6.07 Å². The minimum atomic E-state index is -4.61. The summed E-state index contributed by atoms with van der Waals surface area (Å²) in [6.07, 6.45) is 0.875. The Morgan fingerprint density at radius 3 is 2.38 bits per heavy atom. The van der Waals surface area contributed by atoms with Crippen molar-refractivity contribution in [3.8, 4) is 11.5 Å². The van der Waals surface area contributed by atoms with E-state index < -0.39 is 11.7 Å². The van der Waals surface area contributed by atoms with Gasteiger partial charge in [0.2, 0.25) is 5.95 Å². The Morgan fingerprint density at radius 1 is 0.938 bits per heavy atom. The molecule has 0 aliphatic heterocycles. The molecule has 0 saturated heterocycles. The van der Waals surface area contributed by atoms with Gasteiger partial charge in [0.05, 0.1) is 13.2 Å². The summed E-state index contributed by atoms with van der Waals surface area (Å²) >= 11 is 0. The minimum absolute atomic E-state index is 0.0351. The number of anilines is 4. The maximum Gasteiger partial charge on any atom is 0.421 e. The second-order valence-electron chi connectivity index (χ2n) is 7.48. The number of halogens is 3. The Kier molecular flexibility index (Phi) is 6.34. The molecule has 0 unspecified atom stereocenters. The van der Waals surface area contributed by atoms with Crippen LogP contribution in [0.4, 0.5) is 36.3 Å². The van der Waals surface area contributed by atoms with Crippen molar-refractivity contribution < 1.29 is 22.6 Å². The van der Waals surface area contributed by atoms with Gasteiger partial charge in [-0.05, 0) is 62.1 Å². The Bertz CT molecular complexity index is 1050. The van der Waals surface area contributed by atoms with Crippen LogP contribution in [0.15, 0.2) is 54.7 Å². The van der Waals surface area contributed by atoms with Crippen LogP contribution in [0.3, 0.4) is 0 Å². The number of nitrogens with zero attached hydrogens (tertiary/aromatic N) is 2. The Labute approximate surface area is 183 Å². The fourth-order valence-corrected chi connectivity index (χ4v) is 3.53. The quantitative estimate of drug-likeness (QED) is 0.445. The van der Waals surface area contributed by atoms with Gasteiger partial charge >= 0.3 is 6.18 Å². The molecule has 1 aliphatic rings. The lowest BCUT2D eigenvalue weighted by atomic mass is 10.2. The lowest BCUT2D eigenvalue weighted by Gasteiger charge is -2.16. The third kappa shape index (κ3) is 5.40. The van der Waals surface area contributed by atoms with Gasteiger partial charge in [-0.3, -0.25) is 0 Å². The fraction of sp³-hybridized carbons (Fsp3) is 0.304. The number of aromatic nitrogens is 2. The lowest BCUT2D eigenvalue weighted by molar-refractivity contribution is -0.137. The van der Waals surface area contributed by atoms with Gasteiger partial charge in [-0.25, -0.2) is 4.98 Å². The largest absolute Gasteiger partial charge is 0.497 e. The van der Waals surface area contributed by atoms with E-state index in [-0.39, 0.29) is 17.9 Å². The summed E-state index contributed by atoms with van der Waals surface area (Å²) in [6, 6.07) is 13.8. The highest BCUT2D eigenvalue weighted by Crippen LogP contribution is 2.36. The summed E-state index contributed by atoms with van der Waals surface area (Å²) in [4.78, 5) is 7.91. The zero-order valence-electron chi connectivity index (χ0n) is 17.4. The SMILES string of the molecule is COc1cccc(Nc2nc(Nc3ccc(OC4CCCC4)cc3)ncc2C(F)(F)F)c1. The van der Waals surface area contributed by atoms with E-state index in [1.165, 1.54) is 20.0 Å². The van der Waals surface area contributed by atoms with Gasteiger partial charge < -0.3 is 20.1 Å². The van der Waals surface area contributed by atoms with Crippen LogP contribution in [0.5, 0.6) is 11.5 Å². The second-order valence-corrected chi connectivity index (χ2v) is 7.48. The first kappa shape index (κ1) is 21.7. The third-order valence-corrected chi connectivity index (χ3v) is 5.14. The van der Waals surface area contributed by atoms with Crippen LogP contribution in [0.25, 0.3) is 0 Å². The predicted octanol–water partition coefficient (Wildman–Crippen LogP) is 6.31. The van der Waals surface area contributed by atoms with Crippen LogP contribution in [-0.2, 0) is 6.18 Å². The van der Waals surface area contributed by atoms with E-state index in [2.05, 4.69) is 20.6 Å². The first-order chi connectivity index (χ1) is 15.4. The van der Waals surface area contributed by atoms with Crippen molar-refractivity contribution in [1.82, 2.24) is 9.97 Å². The van der Waals surface area contributed by atoms with Crippen LogP contribution in [0.1, 0.15) is 31.2 Å². The molecule has 0 amide bonds. The van der Waals surface area contributed by atoms with Crippen LogP contribution in [0, 0.1) is 0 Å². The van der Waals surface area contributed by atoms with Gasteiger partial charge in [-0.2, -0.15) is 18.2 Å². The summed E-state index contributed by atoms with van der Waals surface area (Å²) in [5.74, 6) is 0.948. The van der Waals surface area contributed by atoms with Crippen LogP contribution < -0.4 is 20.1 Å². The molecule has 168 valence electrons. The first-order valence-corrected chi connectivity index (χ1v) is 10.3. The average molecular weight is 444 g/mol. The van der Waals surface area contributed by atoms with E-state index in [4.69, 9.17) is 9.47 Å². The summed E-state index contributed by atoms with van der Waals surface area (Å²) in [5, 5.41) is 5.66. The highest BCUT2D eigenvalue weighted by Gasteiger charge is 2.35. The monoisotopic (exact) mass is 444 g/mol. The molecule has 1 aliphatic carbocycles. The van der Waals surface area contributed by atoms with Crippen molar-refractivity contribution in [1.29, 1.82) is 0 Å². The second kappa shape index (κ2) is 9.33. The highest BCUT2D eigenvalue weighted by atomic mass is 19.4. The molecule has 2 N–H and O–H groups in total. The van der Waals surface area contributed by atoms with Crippen molar-refractivity contribution >= 4 is 23.1 Å². The molecule has 1 fully saturated rings. The molecule has 1 aromatic heterocycles. The standard InChI is InChI=1S/C23H23F3N4O2/c1-31-19-8-4-5-16(13-19)28-21-20(23(24,25)26)14-27-22(30-21)29-15-9-11-18(12-10-15)32-17-6-2-3-7-17/h4-5,8-14,17H,2-3,6-7H2,1H3,(H2,27,28,29,30). The maximum absolute atomic E-state index is 13.5. The molecule has 0 radical (unpaired) electrons. The van der Waals surface area contributed by atoms with E-state index in [9.17, 15) is 13.2 Å². The average Bonchev–Trinajstić information content (AvgIpc) is 3.28. The number of benzene rings is 2. The van der Waals surface area contributed by atoms with Crippen LogP contribution in [-0.4, -0.2) is 23.2 Å². The molecule has 1 heterocycles. The van der Waals surface area contributed by atoms with Gasteiger partial charge in [0.25, 0.3) is 0 Å². The Hall–Kier alpha value is -3.49. The highest BCUT2D eigenvalue weighted by molar-refractivity contribution is 5.64. The molecule has 0 atom stereocenters. The van der Waals surface area contributed by atoms with Crippen LogP contribution >= 0.6 is 0 Å². The Morgan fingerprint density at radius 2 is 1.69 bits per heavy atom. The molecule has 4 rings (SSSR count). The predicted molar refractivity (Wildman–Crippen MR) is 116 cm³/mol. The first-order valence-electron chi connectivity index (χ1n) is 10.3. The zero-order valence-corrected chi connectivity index (χ0v) is 17.4. The van der Waals surface area contributed by atoms with Gasteiger partial charge in [-0.15, -0.1) is 0 Å². The summed E-state index contributed by atoms with van der Waals surface area (Å²) in [5.41, 5.74) is 0.0787. The molecule has 32 heavy (non-hydrogen) atoms. The summed E-state index contributed by atoms with van der Waals surface area (Å²) < 4.78 is 51.5. The molecular weight excluding hydrogens is 421 g/mol. The normalized spacial score (nSPS) is 14.2. The summed E-state index contributed by atoms with van der Waals surface area (Å²) in [7, 11) is 1.48. The Balaban J connectivity index is 1.53. The van der Waals surface area contributed by atoms with E-state index in [1.54, 1.807) is 36.4 Å². The number of methoxy groups -OCH3 is 1. The van der Waals surface area contributed by atoms with Crippen molar-refractivity contribution in [2.24, 2.45) is 0 Å². The summed E-state index contributed by atoms with van der Waals surface area (Å²) in [6.45, 7) is 0. The lowest BCUT2D eigenvalue weighted by Crippen LogP contribution is -2.12. The van der Waals surface area contributed by atoms with E-state index in [0.717, 1.165) is 24.8 Å². The van der Waals surface area contributed by atoms with Crippen molar-refractivity contribution in [3.63, 3.8) is 0 Å². The number of hydrogen-bond donors (Lipinski definition) is 2. The number of ether oxygens (including phenoxy) is 2. The van der Waals surface area contributed by atoms with Gasteiger partial charge in [0, 0.05) is 23.6 Å². The number of alkyl halides is 3. The number of rotatable bonds is 7. The van der Waals surface area contributed by atoms with Crippen molar-refractivity contribution in [3.05, 3.63) is 60.3 Å². The minimum Gasteiger partial charge on any atom is -0.497 e. The molecule has 2 aromatic carbocycles. The number of nitrogens with one attached hydrogen (secondary N) is 2. The van der Waals surface area contributed by atoms with Gasteiger partial charge in [0.1, 0.15) is 22.9 Å². The van der Waals surface area contributed by atoms with Crippen molar-refractivity contribution in [2.45, 2.75) is 38.0 Å². The topological polar surface area (TPSA) is 68.3 Å². The molecule has 9 heteroatoms. The van der Waals surface area contributed by atoms with E-state index in [0.29, 0.717) is 17.1 Å². The molecule has 0 spiro atoms. The molecule has 0 bridgehead atoms. The molecular formula is C23H23F3N4O2. The molecule has 1 saturated carbocycles. The molecule has 6 nitrogen and oxygen atoms in total. The van der Waals surface area contributed by atoms with E-state index >= 15 is 0 Å². The van der Waals surface area contributed by atoms with Gasteiger partial charge in [0.15, 0.2) is 0 Å². The fourth-order valence-electron chi connectivity index (χ4n) is 3.53. The maximum atomic E-state index is 13.5. The third-order valence-electron chi connectivity index (χ3n) is 5.14.